The van der Waals surface area contributed by atoms with Gasteiger partial charge in [-0.3, -0.25) is 19.8 Å². The summed E-state index contributed by atoms with van der Waals surface area (Å²) < 4.78 is 57.5. The van der Waals surface area contributed by atoms with Gasteiger partial charge in [0.1, 0.15) is 29.6 Å². The van der Waals surface area contributed by atoms with Crippen molar-refractivity contribution in [1.29, 1.82) is 0 Å². The van der Waals surface area contributed by atoms with E-state index in [0.717, 1.165) is 82.9 Å². The summed E-state index contributed by atoms with van der Waals surface area (Å²) in [5.74, 6) is 0.427. The van der Waals surface area contributed by atoms with Gasteiger partial charge in [-0.15, -0.1) is 0 Å². The number of carbonyl (C=O) groups is 1. The molecule has 4 aromatic carbocycles. The Morgan fingerprint density at radius 2 is 1.71 bits per heavy atom. The lowest BCUT2D eigenvalue weighted by Gasteiger charge is -2.59. The first-order valence-corrected chi connectivity index (χ1v) is 28.3. The highest BCUT2D eigenvalue weighted by Crippen LogP contribution is 2.50. The van der Waals surface area contributed by atoms with Gasteiger partial charge in [-0.1, -0.05) is 82.3 Å². The second-order valence-electron chi connectivity index (χ2n) is 23.3. The number of hydrogen-bond donors (Lipinski definition) is 3. The van der Waals surface area contributed by atoms with Crippen LogP contribution < -0.4 is 24.4 Å². The quantitative estimate of drug-likeness (QED) is 0.0742. The second-order valence-corrected chi connectivity index (χ2v) is 25.0. The topological polar surface area (TPSA) is 172 Å². The Balaban J connectivity index is 0.803. The van der Waals surface area contributed by atoms with Crippen molar-refractivity contribution in [2.24, 2.45) is 22.7 Å². The molecule has 11 rings (SSSR count). The van der Waals surface area contributed by atoms with E-state index in [0.29, 0.717) is 29.4 Å². The predicted octanol–water partition coefficient (Wildman–Crippen LogP) is 12.1. The molecule has 0 bridgehead atoms. The van der Waals surface area contributed by atoms with Gasteiger partial charge in [0, 0.05) is 68.2 Å². The molecule has 2 saturated heterocycles. The van der Waals surface area contributed by atoms with Crippen LogP contribution in [0.5, 0.6) is 17.2 Å². The highest BCUT2D eigenvalue weighted by Gasteiger charge is 2.50. The van der Waals surface area contributed by atoms with Crippen LogP contribution in [-0.2, 0) is 16.4 Å². The van der Waals surface area contributed by atoms with Gasteiger partial charge >= 0.3 is 0 Å². The van der Waals surface area contributed by atoms with Crippen molar-refractivity contribution in [3.8, 4) is 17.2 Å². The van der Waals surface area contributed by atoms with Gasteiger partial charge < -0.3 is 24.7 Å². The van der Waals surface area contributed by atoms with Crippen molar-refractivity contribution in [1.82, 2.24) is 19.6 Å². The fraction of sp³-hybridized carbons (Fsp3) is 0.458. The summed E-state index contributed by atoms with van der Waals surface area (Å²) in [4.78, 5) is 37.7. The van der Waals surface area contributed by atoms with Crippen LogP contribution in [0.15, 0.2) is 108 Å². The minimum atomic E-state index is -4.70. The molecule has 2 aliphatic carbocycles. The summed E-state index contributed by atoms with van der Waals surface area (Å²) in [5, 5.41) is 16.0. The van der Waals surface area contributed by atoms with E-state index in [9.17, 15) is 27.7 Å². The van der Waals surface area contributed by atoms with Crippen molar-refractivity contribution in [3.05, 3.63) is 142 Å². The number of amides is 1. The number of pyridine rings is 1. The highest BCUT2D eigenvalue weighted by molar-refractivity contribution is 7.90. The maximum Gasteiger partial charge on any atom is 0.297 e. The molecular formula is C59H68FN7O7S. The fourth-order valence-corrected chi connectivity index (χ4v) is 14.1. The molecule has 5 heterocycles. The van der Waals surface area contributed by atoms with E-state index in [1.807, 2.05) is 0 Å². The molecule has 2 aromatic heterocycles. The maximum absolute atomic E-state index is 14.8. The Kier molecular flexibility index (Phi) is 13.6. The van der Waals surface area contributed by atoms with Crippen LogP contribution in [0.4, 0.5) is 21.5 Å². The zero-order chi connectivity index (χ0) is 52.2. The maximum atomic E-state index is 14.8. The number of carbonyl (C=O) groups excluding carboxylic acids is 1. The number of fused-ring (bicyclic) bond motifs is 2. The molecule has 3 N–H and O–H groups in total. The van der Waals surface area contributed by atoms with Crippen LogP contribution in [0.25, 0.3) is 11.0 Å². The minimum Gasteiger partial charge on any atom is -0.489 e. The van der Waals surface area contributed by atoms with Crippen LogP contribution >= 0.6 is 0 Å². The van der Waals surface area contributed by atoms with Crippen molar-refractivity contribution < 1.29 is 32.0 Å². The number of aromatic amines is 1. The number of likely N-dealkylation sites (tertiary alicyclic amines) is 1. The lowest BCUT2D eigenvalue weighted by atomic mass is 9.66. The molecular weight excluding hydrogens is 970 g/mol. The number of nitro groups is 1. The number of anilines is 2. The molecule has 3 aliphatic heterocycles. The van der Waals surface area contributed by atoms with Crippen molar-refractivity contribution in [3.63, 3.8) is 0 Å². The number of aromatic nitrogens is 2. The molecule has 5 aliphatic rings. The van der Waals surface area contributed by atoms with E-state index >= 15 is 0 Å². The molecule has 4 atom stereocenters. The van der Waals surface area contributed by atoms with Gasteiger partial charge in [0.2, 0.25) is 0 Å². The molecule has 394 valence electrons. The highest BCUT2D eigenvalue weighted by atomic mass is 32.2. The number of rotatable bonds is 13. The standard InChI is InChI=1S/C59H68FN7O7S/c1-37(2)44-12-8-9-13-45(44)47-27-39(26-38-10-6-5-7-11-38)14-17-51(47)66-35-59(36-66)22-24-65(25-23-59)41-15-16-46(53(28-41)74-42-29-48-49(60)33-62-56(48)61-32-42)57(68)64-75(71,72)43-30-52(67(69)70)55-54(31-43)73-34-50(63-55)40-18-20-58(3,4)21-19-40/h5-13,15-16,28-33,37,39-40,47,50-51,63H,14,17-27,34-36H2,1-4H3,(H,61,62)(H,64,68)/t39?,47-,50-,51-/m1/s1. The number of H-pyrrole nitrogens is 1. The molecule has 75 heavy (non-hydrogen) atoms. The smallest absolute Gasteiger partial charge is 0.297 e. The van der Waals surface area contributed by atoms with Crippen LogP contribution in [0.2, 0.25) is 0 Å². The first-order valence-electron chi connectivity index (χ1n) is 26.9. The molecule has 6 aromatic rings. The molecule has 1 amide bonds. The SMILES string of the molecule is CC(C)c1ccccc1[C@H]1CC(Cc2ccccc2)CC[C@H]1N1CC2(CCN(c3ccc(C(=O)NS(=O)(=O)c4cc5c(c([N+](=O)[O-])c4)N[C@@H](C4CCC(C)(C)CC4)CO5)c(Oc4cnc5[nH]cc(F)c5c4)c3)CC2)C1. The zero-order valence-electron chi connectivity index (χ0n) is 43.3. The summed E-state index contributed by atoms with van der Waals surface area (Å²) in [5.41, 5.74) is 5.44. The zero-order valence-corrected chi connectivity index (χ0v) is 44.1. The summed E-state index contributed by atoms with van der Waals surface area (Å²) in [6.07, 6.45) is 13.2. The third-order valence-electron chi connectivity index (χ3n) is 17.4. The third-order valence-corrected chi connectivity index (χ3v) is 18.7. The Bertz CT molecular complexity index is 3210. The molecule has 2 saturated carbocycles. The average molecular weight is 1040 g/mol. The number of ether oxygens (including phenoxy) is 2. The largest absolute Gasteiger partial charge is 0.489 e. The molecule has 16 heteroatoms. The Labute approximate surface area is 439 Å². The van der Waals surface area contributed by atoms with Crippen molar-refractivity contribution in [2.75, 3.05) is 43.0 Å². The third kappa shape index (κ3) is 10.4. The van der Waals surface area contributed by atoms with Crippen LogP contribution in [0.1, 0.15) is 124 Å². The molecule has 4 fully saturated rings. The van der Waals surface area contributed by atoms with Gasteiger partial charge in [-0.05, 0) is 128 Å². The van der Waals surface area contributed by atoms with E-state index in [1.165, 1.54) is 66.5 Å². The summed E-state index contributed by atoms with van der Waals surface area (Å²) in [6.45, 7) is 13.0. The second kappa shape index (κ2) is 20.2. The lowest BCUT2D eigenvalue weighted by molar-refractivity contribution is -0.384. The van der Waals surface area contributed by atoms with Gasteiger partial charge in [-0.2, -0.15) is 0 Å². The average Bonchev–Trinajstić information content (AvgIpc) is 3.78. The minimum absolute atomic E-state index is 0.0221. The molecule has 1 spiro atoms. The Morgan fingerprint density at radius 1 is 0.960 bits per heavy atom. The van der Waals surface area contributed by atoms with E-state index in [1.54, 1.807) is 12.1 Å². The van der Waals surface area contributed by atoms with Gasteiger partial charge in [0.25, 0.3) is 21.6 Å². The number of halogens is 1. The number of hydrogen-bond acceptors (Lipinski definition) is 11. The van der Waals surface area contributed by atoms with Gasteiger partial charge in [0.05, 0.1) is 33.0 Å². The number of nitrogens with one attached hydrogen (secondary N) is 3. The first-order chi connectivity index (χ1) is 36.0. The fourth-order valence-electron chi connectivity index (χ4n) is 13.1. The van der Waals surface area contributed by atoms with E-state index in [2.05, 4.69) is 112 Å². The van der Waals surface area contributed by atoms with Crippen molar-refractivity contribution >= 4 is 44.0 Å². The molecule has 1 unspecified atom stereocenters. The number of nitrogens with zero attached hydrogens (tertiary/aromatic N) is 4. The van der Waals surface area contributed by atoms with Gasteiger partial charge in [0.15, 0.2) is 11.4 Å². The number of sulfonamides is 1. The first kappa shape index (κ1) is 50.6. The number of nitro benzene ring substituents is 1. The van der Waals surface area contributed by atoms with Crippen molar-refractivity contribution in [2.45, 2.75) is 121 Å². The number of benzene rings is 4. The summed E-state index contributed by atoms with van der Waals surface area (Å²) in [7, 11) is -4.70. The summed E-state index contributed by atoms with van der Waals surface area (Å²) >= 11 is 0. The van der Waals surface area contributed by atoms with E-state index in [4.69, 9.17) is 9.47 Å². The molecule has 14 nitrogen and oxygen atoms in total. The Hall–Kier alpha value is -6.52. The monoisotopic (exact) mass is 1040 g/mol. The molecule has 0 radical (unpaired) electrons. The van der Waals surface area contributed by atoms with E-state index < -0.39 is 37.3 Å². The normalized spacial score (nSPS) is 22.7. The summed E-state index contributed by atoms with van der Waals surface area (Å²) in [6, 6.07) is 29.0. The van der Waals surface area contributed by atoms with Crippen LogP contribution in [-0.4, -0.2) is 79.0 Å². The Morgan fingerprint density at radius 3 is 2.45 bits per heavy atom. The van der Waals surface area contributed by atoms with Crippen LogP contribution in [0.3, 0.4) is 0 Å². The van der Waals surface area contributed by atoms with Crippen LogP contribution in [0, 0.1) is 38.6 Å². The number of piperidine rings is 1. The van der Waals surface area contributed by atoms with E-state index in [-0.39, 0.29) is 63.3 Å². The predicted molar refractivity (Wildman–Crippen MR) is 289 cm³/mol. The lowest BCUT2D eigenvalue weighted by Crippen LogP contribution is -2.64. The van der Waals surface area contributed by atoms with Gasteiger partial charge in [-0.25, -0.2) is 22.5 Å².